The second-order valence-corrected chi connectivity index (χ2v) is 14.8. The van der Waals surface area contributed by atoms with Crippen LogP contribution in [-0.2, 0) is 9.53 Å². The summed E-state index contributed by atoms with van der Waals surface area (Å²) in [4.78, 5) is 14.6. The largest absolute Gasteiger partial charge is 0.459 e. The molecule has 206 valence electrons. The smallest absolute Gasteiger partial charge is 0.334 e. The predicted octanol–water partition coefficient (Wildman–Crippen LogP) is 8.14. The van der Waals surface area contributed by atoms with Crippen LogP contribution in [0.1, 0.15) is 112 Å². The van der Waals surface area contributed by atoms with Crippen molar-refractivity contribution >= 4 is 5.97 Å². The van der Waals surface area contributed by atoms with Crippen LogP contribution in [0.4, 0.5) is 0 Å². The van der Waals surface area contributed by atoms with Gasteiger partial charge >= 0.3 is 5.97 Å². The zero-order chi connectivity index (χ0) is 26.3. The first-order valence-electron chi connectivity index (χ1n) is 15.5. The van der Waals surface area contributed by atoms with Crippen molar-refractivity contribution in [1.82, 2.24) is 4.90 Å². The van der Waals surface area contributed by atoms with Crippen LogP contribution in [0, 0.1) is 52.3 Å². The average Bonchev–Trinajstić information content (AvgIpc) is 3.15. The van der Waals surface area contributed by atoms with Gasteiger partial charge < -0.3 is 9.64 Å². The molecule has 4 fully saturated rings. The van der Waals surface area contributed by atoms with Gasteiger partial charge in [0.05, 0.1) is 0 Å². The van der Waals surface area contributed by atoms with Gasteiger partial charge in [-0.25, -0.2) is 4.79 Å². The molecular weight excluding hydrogens is 442 g/mol. The molecule has 4 aliphatic rings. The fourth-order valence-electron chi connectivity index (χ4n) is 10.0. The van der Waals surface area contributed by atoms with Crippen LogP contribution in [0.5, 0.6) is 0 Å². The molecule has 0 aromatic carbocycles. The number of fused-ring (bicyclic) bond motifs is 5. The topological polar surface area (TPSA) is 29.5 Å². The van der Waals surface area contributed by atoms with E-state index >= 15 is 0 Å². The molecule has 0 saturated heterocycles. The standard InChI is InChI=1S/C33H57NO2/c1-22(2)10-9-11-23(3)28-14-15-29-27-13-12-25-20-26(36-31(35)24(4)21-34(7)8)16-18-32(25,5)30(27)17-19-33(28,29)6/h22-23,25-30H,4,9-21H2,1-3,5-8H3/t23-,25?,26+,27+,28-,29?,30?,32+,33-/m1/s1. The monoisotopic (exact) mass is 499 g/mol. The molecule has 3 unspecified atom stereocenters. The van der Waals surface area contributed by atoms with Crippen LogP contribution in [-0.4, -0.2) is 37.6 Å². The van der Waals surface area contributed by atoms with Crippen molar-refractivity contribution in [2.24, 2.45) is 52.3 Å². The summed E-state index contributed by atoms with van der Waals surface area (Å²) in [6.45, 7) is 17.2. The number of esters is 1. The van der Waals surface area contributed by atoms with Crippen molar-refractivity contribution in [3.8, 4) is 0 Å². The summed E-state index contributed by atoms with van der Waals surface area (Å²) in [6, 6.07) is 0. The maximum Gasteiger partial charge on any atom is 0.334 e. The van der Waals surface area contributed by atoms with Crippen molar-refractivity contribution < 1.29 is 9.53 Å². The molecule has 0 aromatic heterocycles. The maximum atomic E-state index is 12.6. The maximum absolute atomic E-state index is 12.6. The molecule has 0 heterocycles. The lowest BCUT2D eigenvalue weighted by molar-refractivity contribution is -0.159. The molecule has 0 radical (unpaired) electrons. The molecule has 0 aliphatic heterocycles. The van der Waals surface area contributed by atoms with Gasteiger partial charge in [-0.3, -0.25) is 0 Å². The van der Waals surface area contributed by atoms with E-state index in [0.717, 1.165) is 48.3 Å². The molecule has 3 heteroatoms. The van der Waals surface area contributed by atoms with Gasteiger partial charge in [-0.15, -0.1) is 0 Å². The average molecular weight is 500 g/mol. The summed E-state index contributed by atoms with van der Waals surface area (Å²) in [5, 5.41) is 0. The van der Waals surface area contributed by atoms with Gasteiger partial charge in [-0.2, -0.15) is 0 Å². The Labute approximate surface area is 223 Å². The SMILES string of the molecule is C=C(CN(C)C)C(=O)O[C@H]1CC[C@@]2(C)C(CC[C@@H]3C2CC[C@@]2(C)C3CC[C@@H]2[C@H](C)CCCC(C)C)C1. The lowest BCUT2D eigenvalue weighted by atomic mass is 9.44. The van der Waals surface area contributed by atoms with E-state index in [9.17, 15) is 4.79 Å². The molecule has 0 N–H and O–H groups in total. The Morgan fingerprint density at radius 3 is 2.33 bits per heavy atom. The normalized spacial score (nSPS) is 40.9. The summed E-state index contributed by atoms with van der Waals surface area (Å²) < 4.78 is 5.99. The van der Waals surface area contributed by atoms with E-state index in [1.165, 1.54) is 64.2 Å². The molecular formula is C33H57NO2. The lowest BCUT2D eigenvalue weighted by Crippen LogP contribution is -2.54. The minimum absolute atomic E-state index is 0.0856. The third-order valence-electron chi connectivity index (χ3n) is 11.9. The Balaban J connectivity index is 1.37. The number of nitrogens with zero attached hydrogens (tertiary/aromatic N) is 1. The van der Waals surface area contributed by atoms with Crippen LogP contribution < -0.4 is 0 Å². The molecule has 0 amide bonds. The first kappa shape index (κ1) is 28.2. The van der Waals surface area contributed by atoms with Crippen LogP contribution in [0.3, 0.4) is 0 Å². The van der Waals surface area contributed by atoms with E-state index in [-0.39, 0.29) is 12.1 Å². The first-order chi connectivity index (χ1) is 17.0. The number of carbonyl (C=O) groups is 1. The number of ether oxygens (including phenoxy) is 1. The molecule has 0 spiro atoms. The Morgan fingerprint density at radius 2 is 1.64 bits per heavy atom. The molecule has 0 aromatic rings. The third-order valence-corrected chi connectivity index (χ3v) is 11.9. The summed E-state index contributed by atoms with van der Waals surface area (Å²) in [6.07, 6.45) is 16.2. The van der Waals surface area contributed by atoms with Gasteiger partial charge in [-0.1, -0.05) is 60.5 Å². The highest BCUT2D eigenvalue weighted by Gasteiger charge is 2.60. The molecule has 0 bridgehead atoms. The van der Waals surface area contributed by atoms with Gasteiger partial charge in [-0.05, 0) is 124 Å². The quantitative estimate of drug-likeness (QED) is 0.237. The fourth-order valence-corrected chi connectivity index (χ4v) is 10.0. The lowest BCUT2D eigenvalue weighted by Gasteiger charge is -2.61. The minimum Gasteiger partial charge on any atom is -0.459 e. The summed E-state index contributed by atoms with van der Waals surface area (Å²) in [7, 11) is 3.94. The Bertz CT molecular complexity index is 789. The zero-order valence-corrected chi connectivity index (χ0v) is 24.8. The number of hydrogen-bond donors (Lipinski definition) is 0. The molecule has 9 atom stereocenters. The van der Waals surface area contributed by atoms with Crippen molar-refractivity contribution in [3.05, 3.63) is 12.2 Å². The Morgan fingerprint density at radius 1 is 0.944 bits per heavy atom. The second kappa shape index (κ2) is 11.1. The minimum atomic E-state index is -0.182. The number of carbonyl (C=O) groups excluding carboxylic acids is 1. The number of hydrogen-bond acceptors (Lipinski definition) is 3. The van der Waals surface area contributed by atoms with Crippen molar-refractivity contribution in [2.45, 2.75) is 118 Å². The van der Waals surface area contributed by atoms with Gasteiger partial charge in [0.15, 0.2) is 0 Å². The van der Waals surface area contributed by atoms with Crippen LogP contribution in [0.2, 0.25) is 0 Å². The van der Waals surface area contributed by atoms with E-state index < -0.39 is 0 Å². The number of rotatable bonds is 9. The molecule has 4 rings (SSSR count). The fraction of sp³-hybridized carbons (Fsp3) is 0.909. The second-order valence-electron chi connectivity index (χ2n) is 14.8. The molecule has 36 heavy (non-hydrogen) atoms. The molecule has 4 saturated carbocycles. The van der Waals surface area contributed by atoms with Gasteiger partial charge in [0.1, 0.15) is 6.10 Å². The highest BCUT2D eigenvalue weighted by atomic mass is 16.5. The number of likely N-dealkylation sites (N-methyl/N-ethyl adjacent to an activating group) is 1. The molecule has 4 aliphatic carbocycles. The van der Waals surface area contributed by atoms with Gasteiger partial charge in [0.2, 0.25) is 0 Å². The highest BCUT2D eigenvalue weighted by molar-refractivity contribution is 5.88. The Kier molecular flexibility index (Phi) is 8.70. The summed E-state index contributed by atoms with van der Waals surface area (Å²) in [5.74, 6) is 5.94. The van der Waals surface area contributed by atoms with E-state index in [1.54, 1.807) is 0 Å². The van der Waals surface area contributed by atoms with Crippen LogP contribution in [0.15, 0.2) is 12.2 Å². The summed E-state index contributed by atoms with van der Waals surface area (Å²) in [5.41, 5.74) is 1.59. The van der Waals surface area contributed by atoms with Crippen molar-refractivity contribution in [3.63, 3.8) is 0 Å². The van der Waals surface area contributed by atoms with Crippen molar-refractivity contribution in [1.29, 1.82) is 0 Å². The highest BCUT2D eigenvalue weighted by Crippen LogP contribution is 2.68. The third kappa shape index (κ3) is 5.48. The van der Waals surface area contributed by atoms with E-state index in [0.29, 0.717) is 28.9 Å². The van der Waals surface area contributed by atoms with Crippen molar-refractivity contribution in [2.75, 3.05) is 20.6 Å². The summed E-state index contributed by atoms with van der Waals surface area (Å²) >= 11 is 0. The van der Waals surface area contributed by atoms with Crippen LogP contribution >= 0.6 is 0 Å². The predicted molar refractivity (Wildman–Crippen MR) is 151 cm³/mol. The Hall–Kier alpha value is -0.830. The van der Waals surface area contributed by atoms with Crippen LogP contribution in [0.25, 0.3) is 0 Å². The first-order valence-corrected chi connectivity index (χ1v) is 15.5. The van der Waals surface area contributed by atoms with E-state index in [4.69, 9.17) is 4.74 Å². The van der Waals surface area contributed by atoms with E-state index in [2.05, 4.69) is 41.2 Å². The zero-order valence-electron chi connectivity index (χ0n) is 24.8. The van der Waals surface area contributed by atoms with Gasteiger partial charge in [0, 0.05) is 12.1 Å². The van der Waals surface area contributed by atoms with Gasteiger partial charge in [0.25, 0.3) is 0 Å². The van der Waals surface area contributed by atoms with E-state index in [1.807, 2.05) is 19.0 Å². The molecule has 3 nitrogen and oxygen atoms in total.